The summed E-state index contributed by atoms with van der Waals surface area (Å²) in [6, 6.07) is 4.05. The maximum absolute atomic E-state index is 12.9. The first-order valence-corrected chi connectivity index (χ1v) is 8.82. The topological polar surface area (TPSA) is 60.1 Å². The Morgan fingerprint density at radius 1 is 1.22 bits per heavy atom. The number of aromatic nitrogens is 3. The zero-order valence-corrected chi connectivity index (χ0v) is 15.6. The van der Waals surface area contributed by atoms with E-state index in [0.29, 0.717) is 22.4 Å². The Morgan fingerprint density at radius 3 is 2.41 bits per heavy atom. The van der Waals surface area contributed by atoms with E-state index in [1.807, 2.05) is 0 Å². The van der Waals surface area contributed by atoms with Crippen molar-refractivity contribution in [2.45, 2.75) is 25.1 Å². The van der Waals surface area contributed by atoms with Crippen LogP contribution in [-0.2, 0) is 13.2 Å². The van der Waals surface area contributed by atoms with Crippen molar-refractivity contribution in [3.05, 3.63) is 50.1 Å². The average molecular weight is 423 g/mol. The molecule has 1 aliphatic heterocycles. The van der Waals surface area contributed by atoms with Gasteiger partial charge in [0.2, 0.25) is 5.82 Å². The molecule has 0 saturated carbocycles. The molecule has 3 rings (SSSR count). The van der Waals surface area contributed by atoms with Crippen LogP contribution in [0.2, 0.25) is 10.0 Å². The first-order chi connectivity index (χ1) is 12.6. The summed E-state index contributed by atoms with van der Waals surface area (Å²) in [5, 5.41) is 4.10. The van der Waals surface area contributed by atoms with Gasteiger partial charge in [0.05, 0.1) is 16.6 Å². The van der Waals surface area contributed by atoms with Gasteiger partial charge in [-0.3, -0.25) is 9.36 Å². The summed E-state index contributed by atoms with van der Waals surface area (Å²) in [5.41, 5.74) is -0.568. The van der Waals surface area contributed by atoms with Crippen LogP contribution in [0.4, 0.5) is 13.2 Å². The summed E-state index contributed by atoms with van der Waals surface area (Å²) in [5.74, 6) is -1.55. The quantitative estimate of drug-likeness (QED) is 0.744. The highest BCUT2D eigenvalue weighted by Crippen LogP contribution is 2.29. The number of benzene rings is 1. The van der Waals surface area contributed by atoms with Gasteiger partial charge < -0.3 is 4.90 Å². The number of carbonyl (C=O) groups excluding carboxylic acids is 1. The molecule has 0 radical (unpaired) electrons. The fourth-order valence-electron chi connectivity index (χ4n) is 3.09. The average Bonchev–Trinajstić information content (AvgIpc) is 2.92. The summed E-state index contributed by atoms with van der Waals surface area (Å²) in [6.45, 7) is 0.521. The van der Waals surface area contributed by atoms with Gasteiger partial charge in [-0.25, -0.2) is 9.48 Å². The molecule has 0 unspecified atom stereocenters. The van der Waals surface area contributed by atoms with Crippen molar-refractivity contribution < 1.29 is 18.0 Å². The van der Waals surface area contributed by atoms with Crippen molar-refractivity contribution in [2.24, 2.45) is 7.05 Å². The molecule has 0 N–H and O–H groups in total. The molecule has 0 aliphatic carbocycles. The molecule has 1 aromatic heterocycles. The first-order valence-electron chi connectivity index (χ1n) is 8.06. The van der Waals surface area contributed by atoms with Gasteiger partial charge in [-0.2, -0.15) is 13.2 Å². The van der Waals surface area contributed by atoms with E-state index in [2.05, 4.69) is 5.10 Å². The number of nitrogens with zero attached hydrogens (tertiary/aromatic N) is 4. The van der Waals surface area contributed by atoms with Gasteiger partial charge in [0.1, 0.15) is 0 Å². The van der Waals surface area contributed by atoms with E-state index in [1.54, 1.807) is 6.07 Å². The van der Waals surface area contributed by atoms with Crippen molar-refractivity contribution >= 4 is 29.1 Å². The number of halogens is 5. The molecule has 1 aromatic carbocycles. The molecule has 27 heavy (non-hydrogen) atoms. The van der Waals surface area contributed by atoms with Crippen LogP contribution >= 0.6 is 23.2 Å². The maximum Gasteiger partial charge on any atom is 0.451 e. The molecule has 2 aromatic rings. The lowest BCUT2D eigenvalue weighted by molar-refractivity contribution is -0.147. The molecule has 1 saturated heterocycles. The number of likely N-dealkylation sites (tertiary alicyclic amines) is 1. The molecule has 11 heteroatoms. The molecule has 1 fully saturated rings. The maximum atomic E-state index is 12.9. The van der Waals surface area contributed by atoms with E-state index in [-0.39, 0.29) is 29.6 Å². The largest absolute Gasteiger partial charge is 0.451 e. The van der Waals surface area contributed by atoms with Crippen molar-refractivity contribution in [1.82, 2.24) is 19.2 Å². The fraction of sp³-hybridized carbons (Fsp3) is 0.438. The minimum Gasteiger partial charge on any atom is -0.338 e. The smallest absolute Gasteiger partial charge is 0.338 e. The Bertz CT molecular complexity index is 931. The van der Waals surface area contributed by atoms with Gasteiger partial charge in [-0.15, -0.1) is 5.10 Å². The van der Waals surface area contributed by atoms with Crippen LogP contribution in [0.15, 0.2) is 23.0 Å². The van der Waals surface area contributed by atoms with Gasteiger partial charge in [-0.1, -0.05) is 23.2 Å². The third-order valence-corrected chi connectivity index (χ3v) is 5.08. The molecule has 6 nitrogen and oxygen atoms in total. The number of rotatable bonds is 2. The Morgan fingerprint density at radius 2 is 1.85 bits per heavy atom. The van der Waals surface area contributed by atoms with Gasteiger partial charge >= 0.3 is 11.9 Å². The van der Waals surface area contributed by atoms with Crippen LogP contribution in [0.5, 0.6) is 0 Å². The lowest BCUT2D eigenvalue weighted by atomic mass is 10.0. The lowest BCUT2D eigenvalue weighted by Gasteiger charge is -2.31. The van der Waals surface area contributed by atoms with E-state index in [4.69, 9.17) is 23.2 Å². The Hall–Kier alpha value is -2.00. The highest BCUT2D eigenvalue weighted by Gasteiger charge is 2.39. The molecule has 2 heterocycles. The van der Waals surface area contributed by atoms with Crippen LogP contribution in [0, 0.1) is 0 Å². The standard InChI is InChI=1S/C16H15Cl2F3N4O2/c1-23-14(16(19,20)21)22-25(15(23)27)10-4-6-24(7-5-10)13(26)11-8-9(17)2-3-12(11)18/h2-3,8,10H,4-7H2,1H3. The van der Waals surface area contributed by atoms with E-state index >= 15 is 0 Å². The molecular weight excluding hydrogens is 408 g/mol. The molecule has 0 bridgehead atoms. The minimum absolute atomic E-state index is 0.261. The SMILES string of the molecule is Cn1c(C(F)(F)F)nn(C2CCN(C(=O)c3cc(Cl)ccc3Cl)CC2)c1=O. The number of alkyl halides is 3. The summed E-state index contributed by atoms with van der Waals surface area (Å²) in [4.78, 5) is 26.3. The van der Waals surface area contributed by atoms with Crippen LogP contribution in [0.3, 0.4) is 0 Å². The van der Waals surface area contributed by atoms with E-state index in [1.165, 1.54) is 17.0 Å². The van der Waals surface area contributed by atoms with E-state index in [0.717, 1.165) is 11.7 Å². The number of amides is 1. The second kappa shape index (κ2) is 7.20. The number of piperidine rings is 1. The molecule has 0 atom stereocenters. The molecular formula is C16H15Cl2F3N4O2. The van der Waals surface area contributed by atoms with E-state index in [9.17, 15) is 22.8 Å². The van der Waals surface area contributed by atoms with Crippen LogP contribution in [0.1, 0.15) is 35.1 Å². The number of hydrogen-bond acceptors (Lipinski definition) is 3. The highest BCUT2D eigenvalue weighted by atomic mass is 35.5. The van der Waals surface area contributed by atoms with Crippen molar-refractivity contribution in [3.8, 4) is 0 Å². The van der Waals surface area contributed by atoms with Crippen molar-refractivity contribution in [3.63, 3.8) is 0 Å². The molecule has 1 amide bonds. The molecule has 146 valence electrons. The molecule has 0 spiro atoms. The Balaban J connectivity index is 1.75. The normalized spacial score (nSPS) is 16.0. The zero-order chi connectivity index (χ0) is 19.9. The van der Waals surface area contributed by atoms with Gasteiger partial charge in [-0.05, 0) is 31.0 Å². The zero-order valence-electron chi connectivity index (χ0n) is 14.1. The summed E-state index contributed by atoms with van der Waals surface area (Å²) < 4.78 is 40.1. The number of hydrogen-bond donors (Lipinski definition) is 0. The number of carbonyl (C=O) groups is 1. The Kier molecular flexibility index (Phi) is 5.27. The monoisotopic (exact) mass is 422 g/mol. The molecule has 1 aliphatic rings. The second-order valence-corrected chi connectivity index (χ2v) is 7.10. The predicted octanol–water partition coefficient (Wildman–Crippen LogP) is 3.38. The van der Waals surface area contributed by atoms with Crippen molar-refractivity contribution in [1.29, 1.82) is 0 Å². The lowest BCUT2D eigenvalue weighted by Crippen LogP contribution is -2.41. The van der Waals surface area contributed by atoms with Crippen LogP contribution < -0.4 is 5.69 Å². The fourth-order valence-corrected chi connectivity index (χ4v) is 3.46. The third-order valence-electron chi connectivity index (χ3n) is 4.51. The van der Waals surface area contributed by atoms with Gasteiger partial charge in [0.15, 0.2) is 0 Å². The predicted molar refractivity (Wildman–Crippen MR) is 93.1 cm³/mol. The minimum atomic E-state index is -4.71. The summed E-state index contributed by atoms with van der Waals surface area (Å²) >= 11 is 12.0. The van der Waals surface area contributed by atoms with Gasteiger partial charge in [0.25, 0.3) is 5.91 Å². The van der Waals surface area contributed by atoms with Crippen molar-refractivity contribution in [2.75, 3.05) is 13.1 Å². The third kappa shape index (κ3) is 3.84. The van der Waals surface area contributed by atoms with Gasteiger partial charge in [0, 0.05) is 25.2 Å². The second-order valence-electron chi connectivity index (χ2n) is 6.26. The summed E-state index contributed by atoms with van der Waals surface area (Å²) in [6.07, 6.45) is -4.10. The highest BCUT2D eigenvalue weighted by molar-refractivity contribution is 6.35. The van der Waals surface area contributed by atoms with E-state index < -0.39 is 23.7 Å². The summed E-state index contributed by atoms with van der Waals surface area (Å²) in [7, 11) is 1.04. The van der Waals surface area contributed by atoms with Crippen LogP contribution in [-0.4, -0.2) is 38.2 Å². The Labute approximate surface area is 162 Å². The first kappa shape index (κ1) is 19.8. The van der Waals surface area contributed by atoms with Crippen LogP contribution in [0.25, 0.3) is 0 Å².